The van der Waals surface area contributed by atoms with Crippen molar-refractivity contribution < 1.29 is 19.7 Å². The predicted molar refractivity (Wildman–Crippen MR) is 60.1 cm³/mol. The highest BCUT2D eigenvalue weighted by Crippen LogP contribution is 2.32. The minimum Gasteiger partial charge on any atom is -0.396 e. The van der Waals surface area contributed by atoms with Crippen molar-refractivity contribution >= 4 is 5.78 Å². The third-order valence-electron chi connectivity index (χ3n) is 3.16. The number of ether oxygens (including phenoxy) is 1. The lowest BCUT2D eigenvalue weighted by atomic mass is 9.91. The van der Waals surface area contributed by atoms with Crippen LogP contribution in [0.4, 0.5) is 0 Å². The van der Waals surface area contributed by atoms with E-state index in [1.165, 1.54) is 0 Å². The molecule has 0 amide bonds. The Kier molecular flexibility index (Phi) is 4.89. The van der Waals surface area contributed by atoms with Gasteiger partial charge in [-0.3, -0.25) is 4.79 Å². The van der Waals surface area contributed by atoms with Gasteiger partial charge in [0.2, 0.25) is 0 Å². The number of aliphatic hydroxyl groups is 2. The Balaban J connectivity index is 2.41. The number of hydrogen-bond donors (Lipinski definition) is 2. The Morgan fingerprint density at radius 2 is 2.19 bits per heavy atom. The van der Waals surface area contributed by atoms with E-state index in [1.807, 2.05) is 0 Å². The fourth-order valence-electron chi connectivity index (χ4n) is 2.23. The van der Waals surface area contributed by atoms with Gasteiger partial charge >= 0.3 is 0 Å². The molecule has 0 saturated carbocycles. The highest BCUT2D eigenvalue weighted by atomic mass is 16.5. The minimum absolute atomic E-state index is 0.0388. The van der Waals surface area contributed by atoms with Crippen LogP contribution in [0.3, 0.4) is 0 Å². The summed E-state index contributed by atoms with van der Waals surface area (Å²) in [5, 5.41) is 18.9. The van der Waals surface area contributed by atoms with Crippen LogP contribution in [0.25, 0.3) is 0 Å². The van der Waals surface area contributed by atoms with Gasteiger partial charge in [-0.05, 0) is 39.5 Å². The van der Waals surface area contributed by atoms with E-state index in [0.717, 1.165) is 12.8 Å². The molecule has 0 aliphatic carbocycles. The van der Waals surface area contributed by atoms with Crippen molar-refractivity contribution in [3.8, 4) is 0 Å². The Morgan fingerprint density at radius 3 is 2.75 bits per heavy atom. The van der Waals surface area contributed by atoms with Crippen molar-refractivity contribution in [1.29, 1.82) is 0 Å². The molecule has 0 aromatic heterocycles. The van der Waals surface area contributed by atoms with Crippen molar-refractivity contribution in [3.63, 3.8) is 0 Å². The molecule has 0 aromatic rings. The summed E-state index contributed by atoms with van der Waals surface area (Å²) in [5.41, 5.74) is -0.895. The van der Waals surface area contributed by atoms with Gasteiger partial charge in [0.05, 0.1) is 17.8 Å². The molecule has 2 N–H and O–H groups in total. The van der Waals surface area contributed by atoms with Crippen LogP contribution in [0.5, 0.6) is 0 Å². The van der Waals surface area contributed by atoms with Gasteiger partial charge in [-0.2, -0.15) is 0 Å². The number of Topliss-reactive ketones (excluding diaryl/α,β-unsaturated/α-hetero) is 1. The predicted octanol–water partition coefficient (Wildman–Crippen LogP) is 1.04. The van der Waals surface area contributed by atoms with Gasteiger partial charge in [0.15, 0.2) is 0 Å². The first-order valence-electron chi connectivity index (χ1n) is 5.94. The Morgan fingerprint density at radius 1 is 1.50 bits per heavy atom. The highest BCUT2D eigenvalue weighted by molar-refractivity contribution is 5.76. The number of carbonyl (C=O) groups is 1. The second kappa shape index (κ2) is 5.75. The molecule has 1 saturated heterocycles. The summed E-state index contributed by atoms with van der Waals surface area (Å²) >= 11 is 0. The monoisotopic (exact) mass is 230 g/mol. The lowest BCUT2D eigenvalue weighted by Gasteiger charge is -2.29. The maximum absolute atomic E-state index is 11.0. The zero-order valence-corrected chi connectivity index (χ0v) is 10.1. The van der Waals surface area contributed by atoms with Crippen LogP contribution >= 0.6 is 0 Å². The zero-order chi connectivity index (χ0) is 12.2. The lowest BCUT2D eigenvalue weighted by Crippen LogP contribution is -2.39. The SMILES string of the molecule is CC(=O)C[C@@H]1CC[C@H]([C@](C)(O)CCCO)O1. The summed E-state index contributed by atoms with van der Waals surface area (Å²) in [6.45, 7) is 3.38. The molecule has 0 radical (unpaired) electrons. The molecule has 1 aliphatic rings. The van der Waals surface area contributed by atoms with E-state index in [2.05, 4.69) is 0 Å². The van der Waals surface area contributed by atoms with Crippen molar-refractivity contribution in [2.75, 3.05) is 6.61 Å². The highest BCUT2D eigenvalue weighted by Gasteiger charge is 2.38. The van der Waals surface area contributed by atoms with Gasteiger partial charge in [-0.1, -0.05) is 0 Å². The van der Waals surface area contributed by atoms with Crippen molar-refractivity contribution in [3.05, 3.63) is 0 Å². The van der Waals surface area contributed by atoms with Gasteiger partial charge in [0, 0.05) is 13.0 Å². The van der Waals surface area contributed by atoms with E-state index in [-0.39, 0.29) is 24.6 Å². The molecule has 4 nitrogen and oxygen atoms in total. The number of hydrogen-bond acceptors (Lipinski definition) is 4. The van der Waals surface area contributed by atoms with Crippen LogP contribution in [0.2, 0.25) is 0 Å². The maximum Gasteiger partial charge on any atom is 0.132 e. The molecule has 1 aliphatic heterocycles. The minimum atomic E-state index is -0.895. The van der Waals surface area contributed by atoms with Crippen LogP contribution < -0.4 is 0 Å². The Bertz CT molecular complexity index is 237. The summed E-state index contributed by atoms with van der Waals surface area (Å²) < 4.78 is 5.68. The number of aliphatic hydroxyl groups excluding tert-OH is 1. The summed E-state index contributed by atoms with van der Waals surface area (Å²) in [5.74, 6) is 0.126. The van der Waals surface area contributed by atoms with E-state index >= 15 is 0 Å². The first kappa shape index (κ1) is 13.6. The largest absolute Gasteiger partial charge is 0.396 e. The quantitative estimate of drug-likeness (QED) is 0.715. The maximum atomic E-state index is 11.0. The summed E-state index contributed by atoms with van der Waals surface area (Å²) in [6.07, 6.45) is 2.92. The fourth-order valence-corrected chi connectivity index (χ4v) is 2.23. The number of ketones is 1. The average Bonchev–Trinajstić information content (AvgIpc) is 2.63. The van der Waals surface area contributed by atoms with Crippen LogP contribution in [-0.2, 0) is 9.53 Å². The van der Waals surface area contributed by atoms with Crippen molar-refractivity contribution in [1.82, 2.24) is 0 Å². The van der Waals surface area contributed by atoms with Gasteiger partial charge in [-0.15, -0.1) is 0 Å². The van der Waals surface area contributed by atoms with Crippen LogP contribution in [-0.4, -0.2) is 40.4 Å². The summed E-state index contributed by atoms with van der Waals surface area (Å²) in [7, 11) is 0. The average molecular weight is 230 g/mol. The second-order valence-corrected chi connectivity index (χ2v) is 4.91. The smallest absolute Gasteiger partial charge is 0.132 e. The van der Waals surface area contributed by atoms with Crippen LogP contribution in [0, 0.1) is 0 Å². The molecule has 94 valence electrons. The zero-order valence-electron chi connectivity index (χ0n) is 10.1. The molecule has 1 fully saturated rings. The van der Waals surface area contributed by atoms with Gasteiger partial charge in [0.1, 0.15) is 5.78 Å². The van der Waals surface area contributed by atoms with Crippen LogP contribution in [0.1, 0.15) is 46.0 Å². The number of rotatable bonds is 6. The van der Waals surface area contributed by atoms with E-state index in [1.54, 1.807) is 13.8 Å². The first-order chi connectivity index (χ1) is 7.45. The molecular weight excluding hydrogens is 208 g/mol. The van der Waals surface area contributed by atoms with E-state index < -0.39 is 5.60 Å². The summed E-state index contributed by atoms with van der Waals surface area (Å²) in [6, 6.07) is 0. The van der Waals surface area contributed by atoms with Gasteiger partial charge in [-0.25, -0.2) is 0 Å². The molecular formula is C12H22O4. The van der Waals surface area contributed by atoms with E-state index in [9.17, 15) is 9.90 Å². The van der Waals surface area contributed by atoms with Gasteiger partial charge < -0.3 is 14.9 Å². The Labute approximate surface area is 96.6 Å². The second-order valence-electron chi connectivity index (χ2n) is 4.91. The third kappa shape index (κ3) is 3.85. The first-order valence-corrected chi connectivity index (χ1v) is 5.94. The molecule has 1 rings (SSSR count). The molecule has 0 unspecified atom stereocenters. The van der Waals surface area contributed by atoms with E-state index in [0.29, 0.717) is 19.3 Å². The van der Waals surface area contributed by atoms with Crippen molar-refractivity contribution in [2.24, 2.45) is 0 Å². The molecule has 0 bridgehead atoms. The fraction of sp³-hybridized carbons (Fsp3) is 0.917. The normalized spacial score (nSPS) is 29.0. The molecule has 1 heterocycles. The lowest BCUT2D eigenvalue weighted by molar-refractivity contribution is -0.124. The van der Waals surface area contributed by atoms with Gasteiger partial charge in [0.25, 0.3) is 0 Å². The molecule has 0 spiro atoms. The third-order valence-corrected chi connectivity index (χ3v) is 3.16. The summed E-state index contributed by atoms with van der Waals surface area (Å²) in [4.78, 5) is 11.0. The topological polar surface area (TPSA) is 66.8 Å². The standard InChI is InChI=1S/C12H22O4/c1-9(14)8-10-4-5-11(16-10)12(2,15)6-3-7-13/h10-11,13,15H,3-8H2,1-2H3/t10-,11+,12+/m0/s1. The van der Waals surface area contributed by atoms with Crippen molar-refractivity contribution in [2.45, 2.75) is 63.8 Å². The molecule has 4 heteroatoms. The van der Waals surface area contributed by atoms with E-state index in [4.69, 9.17) is 9.84 Å². The number of carbonyl (C=O) groups excluding carboxylic acids is 1. The molecule has 16 heavy (non-hydrogen) atoms. The molecule has 3 atom stereocenters. The van der Waals surface area contributed by atoms with Crippen LogP contribution in [0.15, 0.2) is 0 Å². The Hall–Kier alpha value is -0.450. The molecule has 0 aromatic carbocycles.